The van der Waals surface area contributed by atoms with Gasteiger partial charge in [0.1, 0.15) is 5.82 Å². The molecule has 1 atom stereocenters. The molecule has 0 aliphatic carbocycles. The van der Waals surface area contributed by atoms with Crippen LogP contribution in [0.25, 0.3) is 0 Å². The van der Waals surface area contributed by atoms with Gasteiger partial charge in [0.2, 0.25) is 5.89 Å². The molecule has 4 nitrogen and oxygen atoms in total. The van der Waals surface area contributed by atoms with Crippen molar-refractivity contribution in [3.05, 3.63) is 46.3 Å². The van der Waals surface area contributed by atoms with Gasteiger partial charge in [-0.3, -0.25) is 0 Å². The second-order valence-electron chi connectivity index (χ2n) is 4.57. The smallest absolute Gasteiger partial charge is 0.243 e. The monoisotopic (exact) mass is 281 g/mol. The predicted octanol–water partition coefficient (Wildman–Crippen LogP) is 2.88. The van der Waals surface area contributed by atoms with E-state index in [2.05, 4.69) is 15.5 Å². The Morgan fingerprint density at radius 2 is 2.37 bits per heavy atom. The van der Waals surface area contributed by atoms with E-state index in [1.54, 1.807) is 12.1 Å². The van der Waals surface area contributed by atoms with E-state index in [1.807, 2.05) is 0 Å². The number of hydrogen-bond donors (Lipinski definition) is 1. The van der Waals surface area contributed by atoms with Crippen molar-refractivity contribution in [1.82, 2.24) is 15.5 Å². The molecule has 100 valence electrons. The van der Waals surface area contributed by atoms with Crippen LogP contribution >= 0.6 is 11.6 Å². The van der Waals surface area contributed by atoms with Gasteiger partial charge < -0.3 is 9.84 Å². The van der Waals surface area contributed by atoms with E-state index in [4.69, 9.17) is 16.1 Å². The van der Waals surface area contributed by atoms with E-state index in [0.717, 1.165) is 19.4 Å². The molecule has 0 bridgehead atoms. The van der Waals surface area contributed by atoms with Gasteiger partial charge in [-0.25, -0.2) is 4.39 Å². The molecule has 1 saturated heterocycles. The van der Waals surface area contributed by atoms with Gasteiger partial charge in [-0.15, -0.1) is 0 Å². The molecule has 3 rings (SSSR count). The quantitative estimate of drug-likeness (QED) is 0.940. The molecule has 19 heavy (non-hydrogen) atoms. The molecule has 2 aromatic rings. The summed E-state index contributed by atoms with van der Waals surface area (Å²) in [6.45, 7) is 0.960. The summed E-state index contributed by atoms with van der Waals surface area (Å²) in [5.41, 5.74) is 0.399. The van der Waals surface area contributed by atoms with Crippen molar-refractivity contribution in [2.24, 2.45) is 0 Å². The molecule has 6 heteroatoms. The molecule has 0 saturated carbocycles. The molecule has 0 amide bonds. The first-order valence-corrected chi connectivity index (χ1v) is 6.60. The Morgan fingerprint density at radius 3 is 3.11 bits per heavy atom. The molecule has 1 unspecified atom stereocenters. The number of benzene rings is 1. The summed E-state index contributed by atoms with van der Waals surface area (Å²) < 4.78 is 18.9. The maximum absolute atomic E-state index is 13.7. The number of nitrogens with zero attached hydrogens (tertiary/aromatic N) is 2. The van der Waals surface area contributed by atoms with Gasteiger partial charge in [0.25, 0.3) is 0 Å². The lowest BCUT2D eigenvalue weighted by atomic mass is 10.1. The Bertz CT molecular complexity index is 561. The zero-order valence-electron chi connectivity index (χ0n) is 10.2. The Labute approximate surface area is 115 Å². The topological polar surface area (TPSA) is 51.0 Å². The van der Waals surface area contributed by atoms with Crippen LogP contribution in [0.2, 0.25) is 5.02 Å². The number of aromatic nitrogens is 2. The number of hydrogen-bond acceptors (Lipinski definition) is 4. The molecule has 0 spiro atoms. The van der Waals surface area contributed by atoms with E-state index in [-0.39, 0.29) is 18.3 Å². The van der Waals surface area contributed by atoms with Gasteiger partial charge in [-0.05, 0) is 31.5 Å². The second-order valence-corrected chi connectivity index (χ2v) is 4.98. The maximum Gasteiger partial charge on any atom is 0.243 e. The van der Waals surface area contributed by atoms with E-state index in [1.165, 1.54) is 6.07 Å². The zero-order valence-corrected chi connectivity index (χ0v) is 11.0. The molecular weight excluding hydrogens is 269 g/mol. The highest BCUT2D eigenvalue weighted by molar-refractivity contribution is 6.31. The lowest BCUT2D eigenvalue weighted by Crippen LogP contribution is -2.13. The number of rotatable bonds is 3. The predicted molar refractivity (Wildman–Crippen MR) is 68.5 cm³/mol. The van der Waals surface area contributed by atoms with Crippen LogP contribution in [0.5, 0.6) is 0 Å². The van der Waals surface area contributed by atoms with Crippen molar-refractivity contribution in [2.45, 2.75) is 25.3 Å². The minimum absolute atomic E-state index is 0.123. The van der Waals surface area contributed by atoms with E-state index < -0.39 is 0 Å². The van der Waals surface area contributed by atoms with Crippen LogP contribution in [-0.4, -0.2) is 16.7 Å². The number of nitrogens with one attached hydrogen (secondary N) is 1. The van der Waals surface area contributed by atoms with Crippen molar-refractivity contribution in [2.75, 3.05) is 6.54 Å². The summed E-state index contributed by atoms with van der Waals surface area (Å²) >= 11 is 5.97. The lowest BCUT2D eigenvalue weighted by molar-refractivity contribution is 0.341. The lowest BCUT2D eigenvalue weighted by Gasteiger charge is -2.02. The zero-order chi connectivity index (χ0) is 13.2. The van der Waals surface area contributed by atoms with Crippen molar-refractivity contribution in [3.63, 3.8) is 0 Å². The van der Waals surface area contributed by atoms with Gasteiger partial charge in [0.15, 0.2) is 5.82 Å². The maximum atomic E-state index is 13.7. The van der Waals surface area contributed by atoms with Gasteiger partial charge in [0, 0.05) is 17.0 Å². The van der Waals surface area contributed by atoms with Crippen molar-refractivity contribution < 1.29 is 8.91 Å². The Kier molecular flexibility index (Phi) is 3.48. The van der Waals surface area contributed by atoms with Gasteiger partial charge in [-0.1, -0.05) is 22.8 Å². The standard InChI is InChI=1S/C13H13ClFN3O/c14-9-3-1-4-10(15)8(9)7-12-17-13(19-18-12)11-5-2-6-16-11/h1,3-4,11,16H,2,5-7H2. The summed E-state index contributed by atoms with van der Waals surface area (Å²) in [6, 6.07) is 4.73. The third kappa shape index (κ3) is 2.62. The fourth-order valence-electron chi connectivity index (χ4n) is 2.24. The Hall–Kier alpha value is -1.46. The second kappa shape index (κ2) is 5.27. The van der Waals surface area contributed by atoms with Gasteiger partial charge in [-0.2, -0.15) is 4.98 Å². The van der Waals surface area contributed by atoms with Gasteiger partial charge in [0.05, 0.1) is 6.04 Å². The van der Waals surface area contributed by atoms with Crippen LogP contribution < -0.4 is 5.32 Å². The van der Waals surface area contributed by atoms with E-state index in [9.17, 15) is 4.39 Å². The first-order valence-electron chi connectivity index (χ1n) is 6.23. The third-order valence-corrected chi connectivity index (χ3v) is 3.59. The van der Waals surface area contributed by atoms with Crippen molar-refractivity contribution in [3.8, 4) is 0 Å². The first kappa shape index (κ1) is 12.6. The largest absolute Gasteiger partial charge is 0.338 e. The summed E-state index contributed by atoms with van der Waals surface area (Å²) in [5, 5.41) is 7.54. The highest BCUT2D eigenvalue weighted by atomic mass is 35.5. The Morgan fingerprint density at radius 1 is 1.47 bits per heavy atom. The summed E-state index contributed by atoms with van der Waals surface area (Å²) in [6.07, 6.45) is 2.32. The van der Waals surface area contributed by atoms with Crippen LogP contribution in [-0.2, 0) is 6.42 Å². The normalized spacial score (nSPS) is 18.9. The minimum Gasteiger partial charge on any atom is -0.338 e. The fraction of sp³-hybridized carbons (Fsp3) is 0.385. The van der Waals surface area contributed by atoms with Crippen LogP contribution in [0.3, 0.4) is 0 Å². The fourth-order valence-corrected chi connectivity index (χ4v) is 2.47. The minimum atomic E-state index is -0.349. The summed E-state index contributed by atoms with van der Waals surface area (Å²) in [4.78, 5) is 4.30. The molecule has 1 N–H and O–H groups in total. The van der Waals surface area contributed by atoms with Crippen molar-refractivity contribution >= 4 is 11.6 Å². The molecular formula is C13H13ClFN3O. The molecule has 1 aliphatic rings. The first-order chi connectivity index (χ1) is 9.24. The van der Waals surface area contributed by atoms with Crippen LogP contribution in [0, 0.1) is 5.82 Å². The molecule has 0 radical (unpaired) electrons. The highest BCUT2D eigenvalue weighted by Gasteiger charge is 2.22. The molecule has 1 aliphatic heterocycles. The molecule has 1 aromatic heterocycles. The van der Waals surface area contributed by atoms with Crippen LogP contribution in [0.15, 0.2) is 22.7 Å². The van der Waals surface area contributed by atoms with Crippen molar-refractivity contribution in [1.29, 1.82) is 0 Å². The average Bonchev–Trinajstić information content (AvgIpc) is 3.04. The SMILES string of the molecule is Fc1cccc(Cl)c1Cc1noc(C2CCCN2)n1. The Balaban J connectivity index is 1.80. The van der Waals surface area contributed by atoms with Crippen LogP contribution in [0.1, 0.15) is 36.2 Å². The molecule has 1 fully saturated rings. The molecule has 2 heterocycles. The number of halogens is 2. The van der Waals surface area contributed by atoms with Gasteiger partial charge >= 0.3 is 0 Å². The van der Waals surface area contributed by atoms with E-state index in [0.29, 0.717) is 22.3 Å². The highest BCUT2D eigenvalue weighted by Crippen LogP contribution is 2.24. The van der Waals surface area contributed by atoms with Crippen LogP contribution in [0.4, 0.5) is 4.39 Å². The summed E-state index contributed by atoms with van der Waals surface area (Å²) in [5.74, 6) is 0.675. The third-order valence-electron chi connectivity index (χ3n) is 3.24. The molecule has 1 aromatic carbocycles. The summed E-state index contributed by atoms with van der Waals surface area (Å²) in [7, 11) is 0. The van der Waals surface area contributed by atoms with E-state index >= 15 is 0 Å². The average molecular weight is 282 g/mol.